The zero-order chi connectivity index (χ0) is 89.1. The number of aromatic nitrogens is 17. The van der Waals surface area contributed by atoms with E-state index in [2.05, 4.69) is 100 Å². The largest absolute Gasteiger partial charge is 0.391 e. The van der Waals surface area contributed by atoms with Gasteiger partial charge in [-0.1, -0.05) is 12.2 Å². The average molecular weight is 1810 g/mol. The molecule has 0 aliphatic carbocycles. The van der Waals surface area contributed by atoms with Crippen LogP contribution in [-0.2, 0) is 23.7 Å². The Bertz CT molecular complexity index is 5910. The number of halogens is 7. The van der Waals surface area contributed by atoms with Crippen LogP contribution in [0.1, 0.15) is 65.8 Å². The highest BCUT2D eigenvalue weighted by Crippen LogP contribution is 2.47. The van der Waals surface area contributed by atoms with E-state index in [1.807, 2.05) is 16.1 Å². The van der Waals surface area contributed by atoms with Crippen molar-refractivity contribution in [1.82, 2.24) is 82.6 Å². The standard InChI is InChI=1S/2C14H14ClFN4O5.C14H15ClN4O5.C13H14ClN5O4S.C13H14ClN5O4/c2*1-5(21)8-9(22)14(24,2-3-15)12(25-8)20-4-6(16)7-10(20)18-13(17)19-11(7)23;1-6(20)8-9(21)14(23,3-4-15)12(24-8)19-5-2-7-10(19)17-13(16)18-11(7)22;1-5(20)7-8(21)13(22,2-3-14)11(23-7)19-4-16-6-9(19)17-12(15)18-10(6)24;1-6(20)8-9(21)13(22,2-3-14)11(23-8)19-5-17-7-4-16-12(15)18-10(7)19/h2*4-5,8-9,12,21-22,24H,1H3,(H3,17,18,19,23);2,5-6,8-9,12,20-21,23H,1H3,(H3,16,17,18,22);4-5,7-8,11,20-22H,1H3,(H3,15,17,18,24);4-6,8-9,11,20-22H,1H3,(H2,15,16,18)/t5-,8+,9-,12+,14?;5-,8-,9+,12-,14?;6-,8-,9+,12-,14?;5-,7-,8+,11-,13?;6-,8-,9+,11-,13?/m01111/s1. The van der Waals surface area contributed by atoms with Gasteiger partial charge in [-0.3, -0.25) is 47.6 Å². The zero-order valence-electron chi connectivity index (χ0n) is 62.3. The van der Waals surface area contributed by atoms with Gasteiger partial charge in [0.05, 0.1) is 54.8 Å². The van der Waals surface area contributed by atoms with E-state index in [4.69, 9.17) is 123 Å². The Labute approximate surface area is 704 Å². The molecule has 45 nitrogen and oxygen atoms in total. The first-order valence-corrected chi connectivity index (χ1v) is 37.2. The molecule has 5 fully saturated rings. The van der Waals surface area contributed by atoms with Gasteiger partial charge in [-0.2, -0.15) is 19.9 Å². The minimum absolute atomic E-state index is 0.0110. The van der Waals surface area contributed by atoms with E-state index >= 15 is 0 Å². The van der Waals surface area contributed by atoms with Crippen molar-refractivity contribution in [2.45, 2.75) is 185 Å². The third-order valence-corrected chi connectivity index (χ3v) is 20.5. The highest BCUT2D eigenvalue weighted by molar-refractivity contribution is 7.71. The first kappa shape index (κ1) is 91.6. The number of ether oxygens (including phenoxy) is 5. The molecule has 5 unspecified atom stereocenters. The zero-order valence-corrected chi connectivity index (χ0v) is 66.9. The number of nitrogen functional groups attached to an aromatic ring is 5. The minimum Gasteiger partial charge on any atom is -0.391 e. The second-order valence-electron chi connectivity index (χ2n) is 27.8. The fourth-order valence-electron chi connectivity index (χ4n) is 14.0. The number of hydrogen-bond donors (Lipinski definition) is 24. The van der Waals surface area contributed by atoms with Crippen LogP contribution in [0.2, 0.25) is 0 Å². The van der Waals surface area contributed by atoms with E-state index < -0.39 is 190 Å². The molecule has 15 heterocycles. The Morgan fingerprint density at radius 2 is 0.769 bits per heavy atom. The fraction of sp³-hybridized carbons (Fsp3) is 0.441. The SMILES string of the molecule is C[C@@H](O)[C@H]1O[C@@H](n2cc(F)c3c(=O)[nH]c(N)nc32)C(O)(C#CCl)[C@H]1O.C[C@@H](O)[C@H]1O[C@@H](n2ccc3c(=O)[nH]c(N)nc32)C(O)(C#CCl)[C@H]1O.C[C@@H](O)[C@H]1O[C@@H](n2cnc3c(=S)nc(N)[nH]c32)C(O)(C#CCl)[C@H]1O.C[C@@H](O)[C@H]1O[C@@H](n2cnc3cnc(N)nc32)C(O)(C#CCl)[C@H]1O.C[C@H](O)[C@H]1O[C@@H](n2cc(F)c3c(=O)[nH]c(N)nc32)C(O)(C#CCl)[C@H]1O. The van der Waals surface area contributed by atoms with Crippen molar-refractivity contribution in [3.05, 3.63) is 90.8 Å². The summed E-state index contributed by atoms with van der Waals surface area (Å²) in [7, 11) is 0. The first-order chi connectivity index (χ1) is 56.9. The molecule has 5 saturated heterocycles. The van der Waals surface area contributed by atoms with E-state index in [9.17, 15) is 99.8 Å². The first-order valence-electron chi connectivity index (χ1n) is 34.9. The van der Waals surface area contributed by atoms with E-state index in [0.29, 0.717) is 16.7 Å². The summed E-state index contributed by atoms with van der Waals surface area (Å²) < 4.78 is 62.4. The van der Waals surface area contributed by atoms with Crippen LogP contribution >= 0.6 is 70.2 Å². The Morgan fingerprint density at radius 1 is 0.446 bits per heavy atom. The van der Waals surface area contributed by atoms with Crippen molar-refractivity contribution in [2.75, 3.05) is 28.7 Å². The average Bonchev–Trinajstić information content (AvgIpc) is 1.60. The van der Waals surface area contributed by atoms with Gasteiger partial charge in [0.1, 0.15) is 88.5 Å². The molecule has 0 radical (unpaired) electrons. The monoisotopic (exact) mass is 1810 g/mol. The summed E-state index contributed by atoms with van der Waals surface area (Å²) in [5.41, 5.74) is 15.9. The molecule has 25 atom stereocenters. The quantitative estimate of drug-likeness (QED) is 0.0453. The number of nitrogens with two attached hydrogens (primary N) is 5. The second-order valence-corrected chi connectivity index (χ2v) is 29.1. The van der Waals surface area contributed by atoms with Crippen molar-refractivity contribution in [3.8, 4) is 56.5 Å². The Morgan fingerprint density at radius 3 is 1.13 bits per heavy atom. The molecule has 10 aromatic heterocycles. The smallest absolute Gasteiger partial charge is 0.264 e. The summed E-state index contributed by atoms with van der Waals surface area (Å²) >= 11 is 32.1. The summed E-state index contributed by atoms with van der Waals surface area (Å²) in [6.07, 6.45) is -18.6. The van der Waals surface area contributed by atoms with Gasteiger partial charge in [0.15, 0.2) is 76.0 Å². The van der Waals surface area contributed by atoms with Crippen molar-refractivity contribution in [1.29, 1.82) is 0 Å². The van der Waals surface area contributed by atoms with Gasteiger partial charge in [-0.15, -0.1) is 0 Å². The fourth-order valence-corrected chi connectivity index (χ4v) is 15.0. The molecule has 5 aliphatic rings. The maximum atomic E-state index is 14.2. The van der Waals surface area contributed by atoms with Crippen molar-refractivity contribution in [3.63, 3.8) is 0 Å². The number of nitrogens with zero attached hydrogens (tertiary/aromatic N) is 13. The lowest BCUT2D eigenvalue weighted by atomic mass is 9.93. The third-order valence-electron chi connectivity index (χ3n) is 19.7. The normalized spacial score (nSPS) is 30.8. The van der Waals surface area contributed by atoms with E-state index in [1.54, 1.807) is 0 Å². The van der Waals surface area contributed by atoms with Gasteiger partial charge >= 0.3 is 0 Å². The van der Waals surface area contributed by atoms with Crippen molar-refractivity contribution < 1.29 is 109 Å². The summed E-state index contributed by atoms with van der Waals surface area (Å²) in [4.78, 5) is 76.9. The van der Waals surface area contributed by atoms with Crippen LogP contribution in [0.3, 0.4) is 0 Å². The highest BCUT2D eigenvalue weighted by atomic mass is 35.5. The highest BCUT2D eigenvalue weighted by Gasteiger charge is 2.62. The summed E-state index contributed by atoms with van der Waals surface area (Å²) in [6.45, 7) is 6.92. The summed E-state index contributed by atoms with van der Waals surface area (Å²) in [6, 6.07) is 1.46. The lowest BCUT2D eigenvalue weighted by Crippen LogP contribution is -2.47. The predicted octanol–water partition coefficient (Wildman–Crippen LogP) is -4.47. The Hall–Kier alpha value is -10.1. The Kier molecular flexibility index (Phi) is 26.8. The number of hydrogen-bond acceptors (Lipinski definition) is 37. The van der Waals surface area contributed by atoms with Crippen LogP contribution in [-0.4, -0.2) is 279 Å². The van der Waals surface area contributed by atoms with Crippen molar-refractivity contribution in [2.24, 2.45) is 0 Å². The topological polar surface area (TPSA) is 722 Å². The lowest BCUT2D eigenvalue weighted by molar-refractivity contribution is -0.0847. The molecule has 0 spiro atoms. The van der Waals surface area contributed by atoms with Crippen LogP contribution in [0.15, 0.2) is 57.9 Å². The van der Waals surface area contributed by atoms with Crippen LogP contribution in [0, 0.1) is 72.8 Å². The molecule has 121 heavy (non-hydrogen) atoms. The summed E-state index contributed by atoms with van der Waals surface area (Å²) in [5.74, 6) is 8.88. The lowest BCUT2D eigenvalue weighted by Gasteiger charge is -2.26. The number of imidazole rings is 2. The number of fused-ring (bicyclic) bond motifs is 5. The van der Waals surface area contributed by atoms with E-state index in [1.165, 1.54) is 79.4 Å². The molecule has 29 N–H and O–H groups in total. The van der Waals surface area contributed by atoms with Gasteiger partial charge < -0.3 is 139 Å². The molecular weight excluding hydrogens is 1740 g/mol. The van der Waals surface area contributed by atoms with Crippen LogP contribution < -0.4 is 45.3 Å². The third kappa shape index (κ3) is 16.6. The molecule has 15 rings (SSSR count). The maximum absolute atomic E-state index is 14.2. The molecule has 53 heteroatoms. The number of aliphatic hydroxyl groups excluding tert-OH is 10. The van der Waals surface area contributed by atoms with Gasteiger partial charge in [-0.05, 0) is 128 Å². The molecule has 0 aromatic carbocycles. The number of rotatable bonds is 10. The van der Waals surface area contributed by atoms with Gasteiger partial charge in [-0.25, -0.2) is 28.7 Å². The van der Waals surface area contributed by atoms with Gasteiger partial charge in [0.2, 0.25) is 51.8 Å². The molecule has 0 amide bonds. The molecule has 5 aliphatic heterocycles. The second kappa shape index (κ2) is 35.4. The Balaban J connectivity index is 0.000000148. The van der Waals surface area contributed by atoms with Gasteiger partial charge in [0, 0.05) is 45.5 Å². The number of H-pyrrole nitrogens is 4. The van der Waals surface area contributed by atoms with E-state index in [-0.39, 0.29) is 62.4 Å². The number of nitrogens with one attached hydrogen (secondary N) is 4. The predicted molar refractivity (Wildman–Crippen MR) is 422 cm³/mol. The van der Waals surface area contributed by atoms with Crippen LogP contribution in [0.25, 0.3) is 55.4 Å². The van der Waals surface area contributed by atoms with Crippen LogP contribution in [0.5, 0.6) is 0 Å². The molecule has 0 bridgehead atoms. The molecule has 0 saturated carbocycles. The number of anilines is 5. The molecule has 10 aromatic rings. The van der Waals surface area contributed by atoms with Crippen molar-refractivity contribution >= 4 is 155 Å². The maximum Gasteiger partial charge on any atom is 0.264 e. The molecular formula is C68H71Cl5F2N22O23S. The summed E-state index contributed by atoms with van der Waals surface area (Å²) in [5, 5.41) is 164. The van der Waals surface area contributed by atoms with Crippen LogP contribution in [0.4, 0.5) is 38.5 Å². The minimum atomic E-state index is -2.29. The van der Waals surface area contributed by atoms with E-state index in [0.717, 1.165) is 21.5 Å². The molecule has 646 valence electrons. The number of aromatic amines is 4. The number of aliphatic hydroxyl groups is 15. The van der Waals surface area contributed by atoms with Gasteiger partial charge in [0.25, 0.3) is 16.7 Å².